The Kier molecular flexibility index (Phi) is 6.23. The zero-order chi connectivity index (χ0) is 16.8. The van der Waals surface area contributed by atoms with Gasteiger partial charge in [-0.1, -0.05) is 11.6 Å². The highest BCUT2D eigenvalue weighted by Crippen LogP contribution is 2.20. The average Bonchev–Trinajstić information content (AvgIpc) is 3.15. The Bertz CT molecular complexity index is 652. The number of benzene rings is 1. The zero-order valence-electron chi connectivity index (χ0n) is 13.3. The maximum atomic E-state index is 6.13. The number of rotatable bonds is 5. The van der Waals surface area contributed by atoms with Crippen molar-refractivity contribution in [3.8, 4) is 0 Å². The third-order valence-electron chi connectivity index (χ3n) is 3.74. The average molecular weight is 382 g/mol. The lowest BCUT2D eigenvalue weighted by molar-refractivity contribution is 0.381. The molecule has 1 aromatic heterocycles. The summed E-state index contributed by atoms with van der Waals surface area (Å²) in [5.74, 6) is 1.55. The molecule has 5 nitrogen and oxygen atoms in total. The molecule has 2 aromatic rings. The van der Waals surface area contributed by atoms with Gasteiger partial charge < -0.3 is 15.5 Å². The molecule has 0 unspecified atom stereocenters. The van der Waals surface area contributed by atoms with Crippen LogP contribution < -0.4 is 10.6 Å². The number of thiazole rings is 1. The lowest BCUT2D eigenvalue weighted by atomic mass is 10.3. The van der Waals surface area contributed by atoms with Crippen LogP contribution in [-0.2, 0) is 0 Å². The number of piperazine rings is 1. The summed E-state index contributed by atoms with van der Waals surface area (Å²) in [6.07, 6.45) is 1.85. The molecule has 0 atom stereocenters. The Morgan fingerprint density at radius 2 is 2.00 bits per heavy atom. The fraction of sp³-hybridized carbons (Fsp3) is 0.375. The largest absolute Gasteiger partial charge is 0.370 e. The Morgan fingerprint density at radius 1 is 1.25 bits per heavy atom. The molecule has 24 heavy (non-hydrogen) atoms. The van der Waals surface area contributed by atoms with Gasteiger partial charge in [-0.25, -0.2) is 4.98 Å². The van der Waals surface area contributed by atoms with Crippen LogP contribution in [0.1, 0.15) is 0 Å². The molecular formula is C16H20ClN5S2. The molecular weight excluding hydrogens is 362 g/mol. The molecule has 1 aliphatic rings. The van der Waals surface area contributed by atoms with Gasteiger partial charge in [0.1, 0.15) is 0 Å². The van der Waals surface area contributed by atoms with Gasteiger partial charge in [0.2, 0.25) is 0 Å². The molecule has 2 heterocycles. The molecule has 1 saturated heterocycles. The molecule has 3 rings (SSSR count). The van der Waals surface area contributed by atoms with Crippen molar-refractivity contribution in [1.82, 2.24) is 9.88 Å². The summed E-state index contributed by atoms with van der Waals surface area (Å²) in [7, 11) is 0. The van der Waals surface area contributed by atoms with E-state index in [-0.39, 0.29) is 0 Å². The van der Waals surface area contributed by atoms with Crippen molar-refractivity contribution in [2.75, 3.05) is 43.4 Å². The van der Waals surface area contributed by atoms with E-state index in [1.165, 1.54) is 4.90 Å². The third-order valence-corrected chi connectivity index (χ3v) is 5.82. The van der Waals surface area contributed by atoms with Crippen LogP contribution in [0.2, 0.25) is 5.02 Å². The second kappa shape index (κ2) is 8.60. The minimum atomic E-state index is 0.644. The van der Waals surface area contributed by atoms with Crippen LogP contribution in [0.15, 0.2) is 45.7 Å². The van der Waals surface area contributed by atoms with Gasteiger partial charge in [0.05, 0.1) is 6.54 Å². The van der Waals surface area contributed by atoms with Crippen LogP contribution >= 0.6 is 34.7 Å². The van der Waals surface area contributed by atoms with Crippen LogP contribution in [0, 0.1) is 0 Å². The molecule has 0 radical (unpaired) electrons. The summed E-state index contributed by atoms with van der Waals surface area (Å²) in [4.78, 5) is 14.5. The molecule has 0 bridgehead atoms. The quantitative estimate of drug-likeness (QED) is 0.373. The first kappa shape index (κ1) is 17.4. The highest BCUT2D eigenvalue weighted by molar-refractivity contribution is 7.99. The smallest absolute Gasteiger partial charge is 0.191 e. The number of nitrogens with zero attached hydrogens (tertiary/aromatic N) is 4. The summed E-state index contributed by atoms with van der Waals surface area (Å²) in [6, 6.07) is 7.86. The van der Waals surface area contributed by atoms with E-state index in [1.807, 2.05) is 35.8 Å². The van der Waals surface area contributed by atoms with Gasteiger partial charge in [0, 0.05) is 53.4 Å². The topological polar surface area (TPSA) is 57.8 Å². The van der Waals surface area contributed by atoms with Crippen LogP contribution in [0.3, 0.4) is 0 Å². The van der Waals surface area contributed by atoms with Gasteiger partial charge in [0.15, 0.2) is 11.1 Å². The lowest BCUT2D eigenvalue weighted by Gasteiger charge is -2.35. The predicted molar refractivity (Wildman–Crippen MR) is 105 cm³/mol. The summed E-state index contributed by atoms with van der Waals surface area (Å²) in [5, 5.41) is 3.86. The molecule has 128 valence electrons. The van der Waals surface area contributed by atoms with E-state index in [1.54, 1.807) is 23.1 Å². The van der Waals surface area contributed by atoms with E-state index in [0.717, 1.165) is 42.1 Å². The van der Waals surface area contributed by atoms with Gasteiger partial charge in [-0.05, 0) is 24.3 Å². The first-order valence-corrected chi connectivity index (χ1v) is 10.0. The molecule has 1 fully saturated rings. The second-order valence-electron chi connectivity index (χ2n) is 5.33. The van der Waals surface area contributed by atoms with Crippen LogP contribution in [0.5, 0.6) is 0 Å². The van der Waals surface area contributed by atoms with Crippen molar-refractivity contribution >= 4 is 45.8 Å². The van der Waals surface area contributed by atoms with E-state index < -0.39 is 0 Å². The summed E-state index contributed by atoms with van der Waals surface area (Å²) >= 11 is 9.32. The minimum Gasteiger partial charge on any atom is -0.370 e. The van der Waals surface area contributed by atoms with Crippen molar-refractivity contribution < 1.29 is 0 Å². The van der Waals surface area contributed by atoms with Crippen molar-refractivity contribution in [3.05, 3.63) is 40.9 Å². The number of anilines is 1. The standard InChI is InChI=1S/C16H20ClN5S2/c17-13-1-3-14(4-2-13)23-11-5-19-15(18)21-7-9-22(10-8-21)16-20-6-12-24-16/h1-4,6,12H,5,7-11H2,(H2,18,19). The Balaban J connectivity index is 1.40. The van der Waals surface area contributed by atoms with Crippen LogP contribution in [0.4, 0.5) is 5.13 Å². The number of aliphatic imine (C=N–C) groups is 1. The fourth-order valence-corrected chi connectivity index (χ4v) is 4.02. The van der Waals surface area contributed by atoms with E-state index in [2.05, 4.69) is 19.8 Å². The molecule has 0 spiro atoms. The van der Waals surface area contributed by atoms with E-state index >= 15 is 0 Å². The Labute approximate surface area is 155 Å². The molecule has 0 aliphatic carbocycles. The van der Waals surface area contributed by atoms with Gasteiger partial charge in [-0.15, -0.1) is 23.1 Å². The number of aromatic nitrogens is 1. The van der Waals surface area contributed by atoms with Crippen LogP contribution in [0.25, 0.3) is 0 Å². The number of hydrogen-bond donors (Lipinski definition) is 1. The molecule has 0 saturated carbocycles. The summed E-state index contributed by atoms with van der Waals surface area (Å²) in [6.45, 7) is 4.36. The fourth-order valence-electron chi connectivity index (χ4n) is 2.45. The van der Waals surface area contributed by atoms with E-state index in [0.29, 0.717) is 12.5 Å². The molecule has 8 heteroatoms. The number of hydrogen-bond acceptors (Lipinski definition) is 5. The minimum absolute atomic E-state index is 0.644. The third kappa shape index (κ3) is 4.78. The van der Waals surface area contributed by atoms with Crippen molar-refractivity contribution in [1.29, 1.82) is 0 Å². The van der Waals surface area contributed by atoms with Crippen molar-refractivity contribution in [2.45, 2.75) is 4.90 Å². The van der Waals surface area contributed by atoms with E-state index in [9.17, 15) is 0 Å². The number of guanidine groups is 1. The molecule has 1 aromatic carbocycles. The predicted octanol–water partition coefficient (Wildman–Crippen LogP) is 3.03. The highest BCUT2D eigenvalue weighted by Gasteiger charge is 2.19. The molecule has 0 amide bonds. The number of halogens is 1. The second-order valence-corrected chi connectivity index (χ2v) is 7.81. The normalized spacial score (nSPS) is 15.8. The van der Waals surface area contributed by atoms with Crippen molar-refractivity contribution in [2.24, 2.45) is 10.7 Å². The zero-order valence-corrected chi connectivity index (χ0v) is 15.7. The Hall–Kier alpha value is -1.44. The first-order valence-electron chi connectivity index (χ1n) is 7.80. The van der Waals surface area contributed by atoms with Crippen LogP contribution in [-0.4, -0.2) is 54.3 Å². The lowest BCUT2D eigenvalue weighted by Crippen LogP contribution is -2.51. The first-order chi connectivity index (χ1) is 11.7. The number of nitrogens with two attached hydrogens (primary N) is 1. The van der Waals surface area contributed by atoms with Gasteiger partial charge >= 0.3 is 0 Å². The number of thioether (sulfide) groups is 1. The molecule has 1 aliphatic heterocycles. The van der Waals surface area contributed by atoms with E-state index in [4.69, 9.17) is 17.3 Å². The van der Waals surface area contributed by atoms with Gasteiger partial charge in [-0.2, -0.15) is 0 Å². The highest BCUT2D eigenvalue weighted by atomic mass is 35.5. The molecule has 2 N–H and O–H groups in total. The summed E-state index contributed by atoms with van der Waals surface area (Å²) < 4.78 is 0. The summed E-state index contributed by atoms with van der Waals surface area (Å²) in [5.41, 5.74) is 6.13. The Morgan fingerprint density at radius 3 is 2.67 bits per heavy atom. The van der Waals surface area contributed by atoms with Gasteiger partial charge in [-0.3, -0.25) is 4.99 Å². The van der Waals surface area contributed by atoms with Crippen molar-refractivity contribution in [3.63, 3.8) is 0 Å². The van der Waals surface area contributed by atoms with Gasteiger partial charge in [0.25, 0.3) is 0 Å². The maximum absolute atomic E-state index is 6.13. The SMILES string of the molecule is NC(=NCCSc1ccc(Cl)cc1)N1CCN(c2nccs2)CC1. The maximum Gasteiger partial charge on any atom is 0.191 e. The monoisotopic (exact) mass is 381 g/mol.